The largest absolute Gasteiger partial charge is 0.496 e. The van der Waals surface area contributed by atoms with Gasteiger partial charge >= 0.3 is 35.8 Å². The van der Waals surface area contributed by atoms with Crippen LogP contribution in [0, 0.1) is 27.7 Å². The van der Waals surface area contributed by atoms with Crippen LogP contribution < -0.4 is 28.4 Å². The molecule has 2 heterocycles. The number of ether oxygens (including phenoxy) is 10. The molecule has 0 aromatic heterocycles. The minimum Gasteiger partial charge on any atom is -0.496 e. The molecule has 4 aromatic rings. The van der Waals surface area contributed by atoms with E-state index < -0.39 is 60.2 Å². The van der Waals surface area contributed by atoms with Gasteiger partial charge in [0.05, 0.1) is 44.1 Å². The molecule has 0 N–H and O–H groups in total. The highest BCUT2D eigenvalue weighted by atomic mass is 16.7. The summed E-state index contributed by atoms with van der Waals surface area (Å²) < 4.78 is 55.5. The van der Waals surface area contributed by atoms with Gasteiger partial charge in [-0.1, -0.05) is 13.2 Å². The van der Waals surface area contributed by atoms with Gasteiger partial charge in [0.1, 0.15) is 40.8 Å². The van der Waals surface area contributed by atoms with Crippen LogP contribution in [0.1, 0.15) is 63.7 Å². The highest BCUT2D eigenvalue weighted by Crippen LogP contribution is 2.35. The van der Waals surface area contributed by atoms with Crippen LogP contribution in [0.15, 0.2) is 86.0 Å². The lowest BCUT2D eigenvalue weighted by Gasteiger charge is -2.18. The number of benzene rings is 4. The van der Waals surface area contributed by atoms with Crippen molar-refractivity contribution in [1.29, 1.82) is 0 Å². The molecule has 0 radical (unpaired) electrons. The number of fused-ring (bicyclic) bond motifs is 1. The SMILES string of the molecule is C=CC(=O)Oc1cc(OC)c(C(=O)Oc2ccc(C(=O)O[C@H]3CO[C@H]4[C@@H]3OC[C@H]4OC(=O)c3ccc(OC(=O)c4cc(OC)c(OC(=O)C=C)cc4C)c(C)c3)c(C)c2)cc1C. The van der Waals surface area contributed by atoms with Gasteiger partial charge in [0.25, 0.3) is 0 Å². The van der Waals surface area contributed by atoms with Crippen molar-refractivity contribution >= 4 is 35.8 Å². The predicted molar refractivity (Wildman–Crippen MR) is 217 cm³/mol. The number of aryl methyl sites for hydroxylation is 4. The second kappa shape index (κ2) is 19.0. The molecule has 6 rings (SSSR count). The van der Waals surface area contributed by atoms with E-state index in [4.69, 9.17) is 47.4 Å². The minimum absolute atomic E-state index is 0.00963. The first-order valence-electron chi connectivity index (χ1n) is 19.0. The third-order valence-electron chi connectivity index (χ3n) is 9.92. The Balaban J connectivity index is 1.03. The van der Waals surface area contributed by atoms with E-state index in [1.165, 1.54) is 74.9 Å². The van der Waals surface area contributed by atoms with Crippen molar-refractivity contribution in [3.63, 3.8) is 0 Å². The maximum atomic E-state index is 13.3. The van der Waals surface area contributed by atoms with Gasteiger partial charge in [-0.25, -0.2) is 28.8 Å². The maximum absolute atomic E-state index is 13.3. The fourth-order valence-corrected chi connectivity index (χ4v) is 6.70. The summed E-state index contributed by atoms with van der Waals surface area (Å²) in [4.78, 5) is 76.3. The quantitative estimate of drug-likeness (QED) is 0.0801. The summed E-state index contributed by atoms with van der Waals surface area (Å²) in [6.07, 6.45) is -1.03. The average Bonchev–Trinajstić information content (AvgIpc) is 3.84. The zero-order chi connectivity index (χ0) is 44.8. The summed E-state index contributed by atoms with van der Waals surface area (Å²) >= 11 is 0. The second-order valence-corrected chi connectivity index (χ2v) is 14.1. The summed E-state index contributed by atoms with van der Waals surface area (Å²) in [5, 5.41) is 0. The summed E-state index contributed by atoms with van der Waals surface area (Å²) in [6, 6.07) is 14.6. The number of hydrogen-bond donors (Lipinski definition) is 0. The van der Waals surface area contributed by atoms with Gasteiger partial charge in [0, 0.05) is 18.2 Å². The molecule has 2 saturated heterocycles. The van der Waals surface area contributed by atoms with E-state index in [-0.39, 0.29) is 70.0 Å². The van der Waals surface area contributed by atoms with E-state index in [0.29, 0.717) is 22.3 Å². The van der Waals surface area contributed by atoms with Gasteiger partial charge in [-0.2, -0.15) is 0 Å². The molecule has 0 unspecified atom stereocenters. The maximum Gasteiger partial charge on any atom is 0.347 e. The highest BCUT2D eigenvalue weighted by Gasteiger charge is 2.51. The van der Waals surface area contributed by atoms with Crippen LogP contribution in [-0.2, 0) is 28.5 Å². The molecule has 62 heavy (non-hydrogen) atoms. The lowest BCUT2D eigenvalue weighted by atomic mass is 10.1. The molecular formula is C46H42O16. The number of hydrogen-bond acceptors (Lipinski definition) is 16. The Bertz CT molecular complexity index is 2480. The molecule has 16 heteroatoms. The molecule has 16 nitrogen and oxygen atoms in total. The number of esters is 6. The summed E-state index contributed by atoms with van der Waals surface area (Å²) in [6.45, 7) is 13.3. The Labute approximate surface area is 355 Å². The Hall–Kier alpha value is -7.30. The van der Waals surface area contributed by atoms with E-state index in [2.05, 4.69) is 13.2 Å². The van der Waals surface area contributed by atoms with E-state index in [9.17, 15) is 28.8 Å². The topological polar surface area (TPSA) is 195 Å². The molecule has 322 valence electrons. The number of methoxy groups -OCH3 is 2. The minimum atomic E-state index is -0.810. The Morgan fingerprint density at radius 2 is 1.10 bits per heavy atom. The van der Waals surface area contributed by atoms with Gasteiger partial charge in [0.2, 0.25) is 0 Å². The van der Waals surface area contributed by atoms with Crippen molar-refractivity contribution in [2.75, 3.05) is 27.4 Å². The molecule has 0 saturated carbocycles. The molecule has 2 aliphatic heterocycles. The van der Waals surface area contributed by atoms with Crippen LogP contribution in [-0.4, -0.2) is 87.7 Å². The Kier molecular flexibility index (Phi) is 13.5. The molecule has 2 fully saturated rings. The standard InChI is InChI=1S/C46H42O16/c1-9-39(47)58-33-20-34(53-7)31(17-26(33)6)46(52)57-28-12-13-29(23(3)16-28)44(50)62-38-22-56-41-37(21-55-42(38)41)61-43(49)27-11-14-32(25(5)15-27)60-45(51)30-19-35(54-8)36(18-24(30)4)59-40(48)10-2/h9-20,37-38,41-42H,1-2,21-22H2,3-8H3/t37-,38+,41-,42-/m1/s1. The summed E-state index contributed by atoms with van der Waals surface area (Å²) in [7, 11) is 2.72. The van der Waals surface area contributed by atoms with Gasteiger partial charge in [-0.3, -0.25) is 0 Å². The van der Waals surface area contributed by atoms with Crippen molar-refractivity contribution in [3.8, 4) is 34.5 Å². The first-order valence-corrected chi connectivity index (χ1v) is 19.0. The van der Waals surface area contributed by atoms with Crippen molar-refractivity contribution in [1.82, 2.24) is 0 Å². The molecule has 0 amide bonds. The molecule has 4 atom stereocenters. The number of carbonyl (C=O) groups is 6. The van der Waals surface area contributed by atoms with Gasteiger partial charge in [-0.05, 0) is 105 Å². The molecule has 0 spiro atoms. The van der Waals surface area contributed by atoms with E-state index in [0.717, 1.165) is 12.2 Å². The zero-order valence-electron chi connectivity index (χ0n) is 34.6. The average molecular weight is 851 g/mol. The van der Waals surface area contributed by atoms with E-state index in [1.54, 1.807) is 27.7 Å². The second-order valence-electron chi connectivity index (χ2n) is 14.1. The number of carbonyl (C=O) groups excluding carboxylic acids is 6. The molecule has 4 aromatic carbocycles. The smallest absolute Gasteiger partial charge is 0.347 e. The van der Waals surface area contributed by atoms with Crippen molar-refractivity contribution < 1.29 is 76.1 Å². The lowest BCUT2D eigenvalue weighted by molar-refractivity contribution is -0.129. The van der Waals surface area contributed by atoms with Crippen molar-refractivity contribution in [2.45, 2.75) is 52.1 Å². The summed E-state index contributed by atoms with van der Waals surface area (Å²) in [5.74, 6) is -3.26. The molecular weight excluding hydrogens is 808 g/mol. The molecule has 2 aliphatic rings. The third-order valence-corrected chi connectivity index (χ3v) is 9.92. The monoisotopic (exact) mass is 850 g/mol. The van der Waals surface area contributed by atoms with Gasteiger partial charge in [0.15, 0.2) is 23.7 Å². The van der Waals surface area contributed by atoms with Crippen LogP contribution in [0.3, 0.4) is 0 Å². The molecule has 0 bridgehead atoms. The fraction of sp³-hybridized carbons (Fsp3) is 0.261. The predicted octanol–water partition coefficient (Wildman–Crippen LogP) is 6.11. The Morgan fingerprint density at radius 3 is 1.69 bits per heavy atom. The first kappa shape index (κ1) is 44.3. The highest BCUT2D eigenvalue weighted by molar-refractivity contribution is 5.96. The normalized spacial score (nSPS) is 17.5. The van der Waals surface area contributed by atoms with Crippen molar-refractivity contribution in [3.05, 3.63) is 130 Å². The van der Waals surface area contributed by atoms with Gasteiger partial charge in [-0.15, -0.1) is 0 Å². The number of rotatable bonds is 14. The van der Waals surface area contributed by atoms with E-state index >= 15 is 0 Å². The van der Waals surface area contributed by atoms with Crippen LogP contribution in [0.2, 0.25) is 0 Å². The van der Waals surface area contributed by atoms with Crippen LogP contribution in [0.25, 0.3) is 0 Å². The third kappa shape index (κ3) is 9.67. The first-order chi connectivity index (χ1) is 29.6. The molecule has 0 aliphatic carbocycles. The van der Waals surface area contributed by atoms with Crippen LogP contribution >= 0.6 is 0 Å². The van der Waals surface area contributed by atoms with Crippen molar-refractivity contribution in [2.24, 2.45) is 0 Å². The zero-order valence-corrected chi connectivity index (χ0v) is 34.6. The van der Waals surface area contributed by atoms with E-state index in [1.807, 2.05) is 0 Å². The Morgan fingerprint density at radius 1 is 0.516 bits per heavy atom. The van der Waals surface area contributed by atoms with Gasteiger partial charge < -0.3 is 47.4 Å². The lowest BCUT2D eigenvalue weighted by Crippen LogP contribution is -2.36. The fourth-order valence-electron chi connectivity index (χ4n) is 6.70. The summed E-state index contributed by atoms with van der Waals surface area (Å²) in [5.41, 5.74) is 2.51. The van der Waals surface area contributed by atoms with Crippen LogP contribution in [0.5, 0.6) is 34.5 Å². The van der Waals surface area contributed by atoms with Crippen LogP contribution in [0.4, 0.5) is 0 Å².